The number of aromatic hydroxyl groups is 1. The van der Waals surface area contributed by atoms with Gasteiger partial charge >= 0.3 is 0 Å². The fourth-order valence-corrected chi connectivity index (χ4v) is 3.34. The highest BCUT2D eigenvalue weighted by atomic mass is 32.2. The standard InChI is InChI=1S/C15H17NO4S/c1-11(2)16-8-7-12(9-15(16)18)10-21(19,20)14-5-3-13(17)4-6-14/h3-9,11,17H,10H2,1-2H3. The molecule has 0 aliphatic heterocycles. The van der Waals surface area contributed by atoms with Gasteiger partial charge in [0.05, 0.1) is 10.6 Å². The SMILES string of the molecule is CC(C)n1ccc(CS(=O)(=O)c2ccc(O)cc2)cc1=O. The van der Waals surface area contributed by atoms with Gasteiger partial charge in [-0.15, -0.1) is 0 Å². The Labute approximate surface area is 123 Å². The van der Waals surface area contributed by atoms with Crippen LogP contribution in [-0.2, 0) is 15.6 Å². The predicted octanol–water partition coefficient (Wildman–Crippen LogP) is 2.11. The van der Waals surface area contributed by atoms with Crippen LogP contribution >= 0.6 is 0 Å². The highest BCUT2D eigenvalue weighted by Crippen LogP contribution is 2.18. The monoisotopic (exact) mass is 307 g/mol. The second-order valence-corrected chi connectivity index (χ2v) is 7.12. The zero-order chi connectivity index (χ0) is 15.6. The van der Waals surface area contributed by atoms with Gasteiger partial charge in [-0.2, -0.15) is 0 Å². The summed E-state index contributed by atoms with van der Waals surface area (Å²) < 4.78 is 26.0. The summed E-state index contributed by atoms with van der Waals surface area (Å²) in [6.07, 6.45) is 1.61. The lowest BCUT2D eigenvalue weighted by Gasteiger charge is -2.10. The molecule has 0 atom stereocenters. The van der Waals surface area contributed by atoms with E-state index in [0.29, 0.717) is 5.56 Å². The normalized spacial score (nSPS) is 11.8. The minimum atomic E-state index is -3.54. The smallest absolute Gasteiger partial charge is 0.251 e. The summed E-state index contributed by atoms with van der Waals surface area (Å²) >= 11 is 0. The third-order valence-electron chi connectivity index (χ3n) is 3.12. The first-order valence-electron chi connectivity index (χ1n) is 6.52. The van der Waals surface area contributed by atoms with Crippen LogP contribution in [0.15, 0.2) is 52.3 Å². The molecular formula is C15H17NO4S. The van der Waals surface area contributed by atoms with E-state index in [2.05, 4.69) is 0 Å². The van der Waals surface area contributed by atoms with Crippen molar-refractivity contribution in [1.29, 1.82) is 0 Å². The molecule has 0 spiro atoms. The van der Waals surface area contributed by atoms with Crippen LogP contribution < -0.4 is 5.56 Å². The van der Waals surface area contributed by atoms with E-state index in [0.717, 1.165) is 0 Å². The Kier molecular flexibility index (Phi) is 4.18. The second kappa shape index (κ2) is 5.73. The van der Waals surface area contributed by atoms with E-state index >= 15 is 0 Å². The average molecular weight is 307 g/mol. The molecule has 21 heavy (non-hydrogen) atoms. The van der Waals surface area contributed by atoms with Gasteiger partial charge in [0.15, 0.2) is 9.84 Å². The minimum Gasteiger partial charge on any atom is -0.508 e. The summed E-state index contributed by atoms with van der Waals surface area (Å²) in [5.74, 6) is -0.236. The molecule has 0 saturated carbocycles. The van der Waals surface area contributed by atoms with E-state index in [1.165, 1.54) is 34.9 Å². The highest BCUT2D eigenvalue weighted by molar-refractivity contribution is 7.90. The number of hydrogen-bond acceptors (Lipinski definition) is 4. The first-order chi connectivity index (χ1) is 9.79. The van der Waals surface area contributed by atoms with Gasteiger partial charge < -0.3 is 9.67 Å². The van der Waals surface area contributed by atoms with Gasteiger partial charge in [-0.25, -0.2) is 8.42 Å². The molecule has 5 nitrogen and oxygen atoms in total. The third-order valence-corrected chi connectivity index (χ3v) is 4.83. The topological polar surface area (TPSA) is 76.4 Å². The number of phenols is 1. The number of rotatable bonds is 4. The van der Waals surface area contributed by atoms with Gasteiger partial charge in [-0.1, -0.05) is 0 Å². The maximum absolute atomic E-state index is 12.3. The van der Waals surface area contributed by atoms with Gasteiger partial charge in [0.25, 0.3) is 5.56 Å². The van der Waals surface area contributed by atoms with Crippen LogP contribution in [0, 0.1) is 0 Å². The van der Waals surface area contributed by atoms with Crippen LogP contribution in [0.3, 0.4) is 0 Å². The first-order valence-corrected chi connectivity index (χ1v) is 8.18. The maximum Gasteiger partial charge on any atom is 0.251 e. The molecule has 0 unspecified atom stereocenters. The molecule has 1 aromatic carbocycles. The molecule has 0 amide bonds. The lowest BCUT2D eigenvalue weighted by Crippen LogP contribution is -2.21. The van der Waals surface area contributed by atoms with Crippen LogP contribution in [-0.4, -0.2) is 18.1 Å². The Morgan fingerprint density at radius 3 is 2.29 bits per heavy atom. The molecule has 6 heteroatoms. The van der Waals surface area contributed by atoms with E-state index in [4.69, 9.17) is 0 Å². The number of hydrogen-bond donors (Lipinski definition) is 1. The third kappa shape index (κ3) is 3.52. The van der Waals surface area contributed by atoms with Crippen LogP contribution in [0.5, 0.6) is 5.75 Å². The van der Waals surface area contributed by atoms with Gasteiger partial charge in [0.2, 0.25) is 0 Å². The van der Waals surface area contributed by atoms with E-state index in [-0.39, 0.29) is 28.0 Å². The van der Waals surface area contributed by atoms with Gasteiger partial charge in [0.1, 0.15) is 5.75 Å². The summed E-state index contributed by atoms with van der Waals surface area (Å²) in [5.41, 5.74) is 0.230. The largest absolute Gasteiger partial charge is 0.508 e. The molecule has 2 aromatic rings. The average Bonchev–Trinajstić information content (AvgIpc) is 2.38. The number of pyridine rings is 1. The molecule has 1 N–H and O–H groups in total. The zero-order valence-corrected chi connectivity index (χ0v) is 12.7. The Hall–Kier alpha value is -2.08. The van der Waals surface area contributed by atoms with Crippen LogP contribution in [0.2, 0.25) is 0 Å². The fraction of sp³-hybridized carbons (Fsp3) is 0.267. The summed E-state index contributed by atoms with van der Waals surface area (Å²) in [5, 5.41) is 9.19. The van der Waals surface area contributed by atoms with Crippen molar-refractivity contribution in [2.75, 3.05) is 0 Å². The van der Waals surface area contributed by atoms with E-state index < -0.39 is 9.84 Å². The van der Waals surface area contributed by atoms with Gasteiger partial charge in [-0.05, 0) is 49.7 Å². The Morgan fingerprint density at radius 2 is 1.76 bits per heavy atom. The van der Waals surface area contributed by atoms with E-state index in [1.807, 2.05) is 13.8 Å². The van der Waals surface area contributed by atoms with Crippen molar-refractivity contribution in [2.45, 2.75) is 30.5 Å². The second-order valence-electron chi connectivity index (χ2n) is 5.13. The molecule has 1 heterocycles. The van der Waals surface area contributed by atoms with Crippen LogP contribution in [0.4, 0.5) is 0 Å². The Balaban J connectivity index is 2.31. The number of phenolic OH excluding ortho intramolecular Hbond substituents is 1. The summed E-state index contributed by atoms with van der Waals surface area (Å²) in [6, 6.07) is 8.35. The number of benzene rings is 1. The molecule has 1 aromatic heterocycles. The van der Waals surface area contributed by atoms with Crippen LogP contribution in [0.1, 0.15) is 25.5 Å². The van der Waals surface area contributed by atoms with Crippen molar-refractivity contribution >= 4 is 9.84 Å². The molecule has 0 aliphatic carbocycles. The lowest BCUT2D eigenvalue weighted by atomic mass is 10.3. The molecule has 0 saturated heterocycles. The minimum absolute atomic E-state index is 0.00785. The van der Waals surface area contributed by atoms with Crippen molar-refractivity contribution in [1.82, 2.24) is 4.57 Å². The van der Waals surface area contributed by atoms with Gasteiger partial charge in [-0.3, -0.25) is 4.79 Å². The summed E-state index contributed by atoms with van der Waals surface area (Å²) in [7, 11) is -3.54. The molecule has 0 bridgehead atoms. The Morgan fingerprint density at radius 1 is 1.14 bits per heavy atom. The van der Waals surface area contributed by atoms with Crippen LogP contribution in [0.25, 0.3) is 0 Å². The Bertz CT molecular complexity index is 789. The molecule has 2 rings (SSSR count). The van der Waals surface area contributed by atoms with Crippen molar-refractivity contribution in [3.8, 4) is 5.75 Å². The summed E-state index contributed by atoms with van der Waals surface area (Å²) in [6.45, 7) is 3.77. The summed E-state index contributed by atoms with van der Waals surface area (Å²) in [4.78, 5) is 12.0. The number of sulfone groups is 1. The maximum atomic E-state index is 12.3. The highest BCUT2D eigenvalue weighted by Gasteiger charge is 2.16. The van der Waals surface area contributed by atoms with Gasteiger partial charge in [0, 0.05) is 18.3 Å². The zero-order valence-electron chi connectivity index (χ0n) is 11.9. The quantitative estimate of drug-likeness (QED) is 0.938. The van der Waals surface area contributed by atoms with Crippen molar-refractivity contribution < 1.29 is 13.5 Å². The lowest BCUT2D eigenvalue weighted by molar-refractivity contribution is 0.475. The van der Waals surface area contributed by atoms with E-state index in [1.54, 1.807) is 12.3 Å². The fourth-order valence-electron chi connectivity index (χ4n) is 2.00. The number of aromatic nitrogens is 1. The number of nitrogens with zero attached hydrogens (tertiary/aromatic N) is 1. The van der Waals surface area contributed by atoms with Crippen molar-refractivity contribution in [3.05, 3.63) is 58.5 Å². The predicted molar refractivity (Wildman–Crippen MR) is 80.1 cm³/mol. The first kappa shape index (κ1) is 15.3. The van der Waals surface area contributed by atoms with Crippen molar-refractivity contribution in [2.24, 2.45) is 0 Å². The molecule has 112 valence electrons. The molecule has 0 fully saturated rings. The molecule has 0 aliphatic rings. The molecular weight excluding hydrogens is 290 g/mol. The van der Waals surface area contributed by atoms with E-state index in [9.17, 15) is 18.3 Å². The molecule has 0 radical (unpaired) electrons. The van der Waals surface area contributed by atoms with Crippen molar-refractivity contribution in [3.63, 3.8) is 0 Å².